The smallest absolute Gasteiger partial charge is 0.330 e. The molecule has 5 nitrogen and oxygen atoms in total. The summed E-state index contributed by atoms with van der Waals surface area (Å²) in [5, 5.41) is 21.3. The van der Waals surface area contributed by atoms with Crippen molar-refractivity contribution < 1.29 is 24.5 Å². The summed E-state index contributed by atoms with van der Waals surface area (Å²) in [5.41, 5.74) is 0.405. The fourth-order valence-electron chi connectivity index (χ4n) is 4.81. The molecule has 0 bridgehead atoms. The minimum Gasteiger partial charge on any atom is -0.480 e. The fourth-order valence-corrected chi connectivity index (χ4v) is 4.81. The number of benzene rings is 5. The van der Waals surface area contributed by atoms with Crippen molar-refractivity contribution in [2.75, 3.05) is 0 Å². The molecule has 5 aromatic rings. The van der Waals surface area contributed by atoms with Gasteiger partial charge in [-0.1, -0.05) is 115 Å². The molecular formula is C33H24O5. The predicted octanol–water partition coefficient (Wildman–Crippen LogP) is 7.27. The molecule has 0 aliphatic rings. The Kier molecular flexibility index (Phi) is 6.74. The molecule has 0 spiro atoms. The maximum absolute atomic E-state index is 13.1. The van der Waals surface area contributed by atoms with Crippen molar-refractivity contribution in [2.45, 2.75) is 5.41 Å². The first kappa shape index (κ1) is 24.5. The van der Waals surface area contributed by atoms with E-state index in [0.717, 1.165) is 5.56 Å². The number of hydrogen-bond donors (Lipinski definition) is 2. The molecule has 0 saturated carbocycles. The molecule has 5 heteroatoms. The molecule has 0 radical (unpaired) electrons. The van der Waals surface area contributed by atoms with E-state index >= 15 is 0 Å². The molecular weight excluding hydrogens is 476 g/mol. The zero-order chi connectivity index (χ0) is 26.5. The first-order chi connectivity index (χ1) is 18.5. The molecule has 5 aromatic carbocycles. The molecule has 5 rings (SSSR count). The molecule has 0 unspecified atom stereocenters. The van der Waals surface area contributed by atoms with E-state index in [1.807, 2.05) is 91.0 Å². The highest BCUT2D eigenvalue weighted by Crippen LogP contribution is 2.48. The summed E-state index contributed by atoms with van der Waals surface area (Å²) in [7, 11) is 0. The van der Waals surface area contributed by atoms with Gasteiger partial charge in [0.15, 0.2) is 0 Å². The van der Waals surface area contributed by atoms with Gasteiger partial charge in [-0.25, -0.2) is 0 Å². The van der Waals surface area contributed by atoms with Crippen molar-refractivity contribution >= 4 is 11.9 Å². The van der Waals surface area contributed by atoms with E-state index in [4.69, 9.17) is 4.74 Å². The predicted molar refractivity (Wildman–Crippen MR) is 146 cm³/mol. The Bertz CT molecular complexity index is 1550. The van der Waals surface area contributed by atoms with Gasteiger partial charge in [-0.15, -0.1) is 0 Å². The first-order valence-corrected chi connectivity index (χ1v) is 12.1. The highest BCUT2D eigenvalue weighted by Gasteiger charge is 2.52. The minimum atomic E-state index is -2.37. The van der Waals surface area contributed by atoms with Crippen LogP contribution in [0.1, 0.15) is 11.1 Å². The lowest BCUT2D eigenvalue weighted by molar-refractivity contribution is -0.155. The van der Waals surface area contributed by atoms with Crippen molar-refractivity contribution in [2.24, 2.45) is 0 Å². The summed E-state index contributed by atoms with van der Waals surface area (Å²) < 4.78 is 6.33. The fraction of sp³-hybridized carbons (Fsp3) is 0.0303. The maximum atomic E-state index is 13.1. The van der Waals surface area contributed by atoms with Crippen LogP contribution in [0.5, 0.6) is 11.5 Å². The molecule has 0 aliphatic carbocycles. The number of aliphatic carboxylic acids is 2. The van der Waals surface area contributed by atoms with Crippen molar-refractivity contribution in [1.29, 1.82) is 0 Å². The van der Waals surface area contributed by atoms with E-state index in [2.05, 4.69) is 0 Å². The molecule has 0 atom stereocenters. The Morgan fingerprint density at radius 2 is 0.974 bits per heavy atom. The molecule has 0 aliphatic heterocycles. The molecule has 38 heavy (non-hydrogen) atoms. The summed E-state index contributed by atoms with van der Waals surface area (Å²) in [6.07, 6.45) is 0. The van der Waals surface area contributed by atoms with Gasteiger partial charge in [-0.2, -0.15) is 0 Å². The van der Waals surface area contributed by atoms with Crippen LogP contribution >= 0.6 is 0 Å². The quantitative estimate of drug-likeness (QED) is 0.219. The van der Waals surface area contributed by atoms with Crippen LogP contribution in [0.3, 0.4) is 0 Å². The van der Waals surface area contributed by atoms with Gasteiger partial charge < -0.3 is 14.9 Å². The summed E-state index contributed by atoms with van der Waals surface area (Å²) in [4.78, 5) is 26.1. The van der Waals surface area contributed by atoms with E-state index in [0.29, 0.717) is 28.2 Å². The van der Waals surface area contributed by atoms with E-state index in [1.165, 1.54) is 12.1 Å². The normalized spacial score (nSPS) is 11.1. The van der Waals surface area contributed by atoms with Crippen LogP contribution in [-0.2, 0) is 15.0 Å². The van der Waals surface area contributed by atoms with Gasteiger partial charge in [-0.3, -0.25) is 9.59 Å². The second kappa shape index (κ2) is 10.4. The lowest BCUT2D eigenvalue weighted by atomic mass is 9.70. The van der Waals surface area contributed by atoms with Crippen molar-refractivity contribution in [1.82, 2.24) is 0 Å². The second-order valence-electron chi connectivity index (χ2n) is 8.73. The Morgan fingerprint density at radius 1 is 0.526 bits per heavy atom. The third-order valence-electron chi connectivity index (χ3n) is 6.52. The lowest BCUT2D eigenvalue weighted by Gasteiger charge is -2.30. The van der Waals surface area contributed by atoms with Crippen LogP contribution in [0, 0.1) is 0 Å². The van der Waals surface area contributed by atoms with Crippen LogP contribution in [0.2, 0.25) is 0 Å². The van der Waals surface area contributed by atoms with Gasteiger partial charge in [0, 0.05) is 5.56 Å². The first-order valence-electron chi connectivity index (χ1n) is 12.1. The van der Waals surface area contributed by atoms with Crippen molar-refractivity contribution in [3.05, 3.63) is 145 Å². The lowest BCUT2D eigenvalue weighted by Crippen LogP contribution is -2.45. The molecule has 2 N–H and O–H groups in total. The number of carboxylic acids is 2. The summed E-state index contributed by atoms with van der Waals surface area (Å²) in [5.74, 6) is -1.89. The van der Waals surface area contributed by atoms with Gasteiger partial charge >= 0.3 is 11.9 Å². The second-order valence-corrected chi connectivity index (χ2v) is 8.73. The summed E-state index contributed by atoms with van der Waals surface area (Å²) in [6.45, 7) is 0. The maximum Gasteiger partial charge on any atom is 0.330 e. The minimum absolute atomic E-state index is 0.133. The topological polar surface area (TPSA) is 83.8 Å². The molecule has 0 heterocycles. The number of rotatable bonds is 8. The Hall–Kier alpha value is -5.16. The van der Waals surface area contributed by atoms with Crippen LogP contribution in [0.25, 0.3) is 22.3 Å². The largest absolute Gasteiger partial charge is 0.480 e. The molecule has 186 valence electrons. The van der Waals surface area contributed by atoms with Crippen LogP contribution in [0.15, 0.2) is 133 Å². The average molecular weight is 501 g/mol. The van der Waals surface area contributed by atoms with Gasteiger partial charge in [0.2, 0.25) is 5.41 Å². The van der Waals surface area contributed by atoms with E-state index in [9.17, 15) is 19.8 Å². The standard InChI is InChI=1S/C33H24O5/c34-31(35)33(32(36)37,25-17-9-3-10-18-25)27-21-22-28(38-26-19-11-4-12-20-26)30(24-15-7-2-8-16-24)29(27)23-13-5-1-6-14-23/h1-22H,(H,34,35)(H,36,37). The van der Waals surface area contributed by atoms with E-state index in [1.54, 1.807) is 30.3 Å². The SMILES string of the molecule is O=C(O)C(C(=O)O)(c1ccccc1)c1ccc(Oc2ccccc2)c(-c2ccccc2)c1-c1ccccc1. The number of para-hydroxylation sites is 1. The number of ether oxygens (including phenoxy) is 1. The highest BCUT2D eigenvalue weighted by atomic mass is 16.5. The molecule has 0 saturated heterocycles. The van der Waals surface area contributed by atoms with Gasteiger partial charge in [-0.05, 0) is 46.0 Å². The monoisotopic (exact) mass is 500 g/mol. The van der Waals surface area contributed by atoms with Crippen LogP contribution in [0.4, 0.5) is 0 Å². The Labute approximate surface area is 220 Å². The molecule has 0 amide bonds. The Morgan fingerprint density at radius 3 is 1.47 bits per heavy atom. The third-order valence-corrected chi connectivity index (χ3v) is 6.52. The van der Waals surface area contributed by atoms with E-state index in [-0.39, 0.29) is 11.1 Å². The van der Waals surface area contributed by atoms with Gasteiger partial charge in [0.25, 0.3) is 0 Å². The zero-order valence-electron chi connectivity index (χ0n) is 20.3. The van der Waals surface area contributed by atoms with Crippen molar-refractivity contribution in [3.63, 3.8) is 0 Å². The van der Waals surface area contributed by atoms with Gasteiger partial charge in [0.1, 0.15) is 11.5 Å². The molecule has 0 fully saturated rings. The van der Waals surface area contributed by atoms with Crippen molar-refractivity contribution in [3.8, 4) is 33.8 Å². The summed E-state index contributed by atoms with van der Waals surface area (Å²) in [6, 6.07) is 39.2. The summed E-state index contributed by atoms with van der Waals surface area (Å²) >= 11 is 0. The third kappa shape index (κ3) is 4.31. The van der Waals surface area contributed by atoms with Crippen LogP contribution in [-0.4, -0.2) is 22.2 Å². The Balaban J connectivity index is 1.93. The number of carbonyl (C=O) groups is 2. The molecule has 0 aromatic heterocycles. The van der Waals surface area contributed by atoms with Crippen LogP contribution < -0.4 is 4.74 Å². The average Bonchev–Trinajstić information content (AvgIpc) is 2.95. The highest BCUT2D eigenvalue weighted by molar-refractivity contribution is 6.11. The number of hydrogen-bond acceptors (Lipinski definition) is 3. The van der Waals surface area contributed by atoms with E-state index < -0.39 is 17.4 Å². The number of carboxylic acid groups (broad SMARTS) is 2. The zero-order valence-corrected chi connectivity index (χ0v) is 20.3. The van der Waals surface area contributed by atoms with Gasteiger partial charge in [0.05, 0.1) is 0 Å².